The molecule has 100 valence electrons. The van der Waals surface area contributed by atoms with Gasteiger partial charge in [-0.2, -0.15) is 0 Å². The summed E-state index contributed by atoms with van der Waals surface area (Å²) in [6.07, 6.45) is 11.9. The van der Waals surface area contributed by atoms with Crippen LogP contribution < -0.4 is 0 Å². The zero-order valence-corrected chi connectivity index (χ0v) is 12.2. The highest BCUT2D eigenvalue weighted by molar-refractivity contribution is 6.18. The van der Waals surface area contributed by atoms with Gasteiger partial charge in [-0.15, -0.1) is 11.6 Å². The van der Waals surface area contributed by atoms with E-state index in [1.807, 2.05) is 0 Å². The monoisotopic (exact) mass is 258 g/mol. The van der Waals surface area contributed by atoms with Crippen LogP contribution in [0, 0.1) is 5.41 Å². The highest BCUT2D eigenvalue weighted by Gasteiger charge is 2.44. The van der Waals surface area contributed by atoms with Crippen molar-refractivity contribution in [1.82, 2.24) is 0 Å². The van der Waals surface area contributed by atoms with Crippen molar-refractivity contribution in [1.29, 1.82) is 0 Å². The molecule has 1 aliphatic carbocycles. The van der Waals surface area contributed by atoms with Crippen LogP contribution in [0.25, 0.3) is 0 Å². The van der Waals surface area contributed by atoms with Crippen LogP contribution in [0.15, 0.2) is 0 Å². The molecule has 1 spiro atoms. The summed E-state index contributed by atoms with van der Waals surface area (Å²) in [4.78, 5) is 0. The van der Waals surface area contributed by atoms with E-state index in [4.69, 9.17) is 16.3 Å². The molecule has 1 unspecified atom stereocenters. The largest absolute Gasteiger partial charge is 0.372 e. The Morgan fingerprint density at radius 2 is 1.82 bits per heavy atom. The van der Waals surface area contributed by atoms with E-state index in [1.165, 1.54) is 57.8 Å². The van der Waals surface area contributed by atoms with Crippen LogP contribution in [0.1, 0.15) is 71.6 Å². The first kappa shape index (κ1) is 13.7. The molecule has 1 atom stereocenters. The number of halogens is 1. The van der Waals surface area contributed by atoms with E-state index >= 15 is 0 Å². The molecule has 0 bridgehead atoms. The van der Waals surface area contributed by atoms with Crippen LogP contribution in [0.4, 0.5) is 0 Å². The van der Waals surface area contributed by atoms with Gasteiger partial charge in [0, 0.05) is 5.88 Å². The van der Waals surface area contributed by atoms with E-state index < -0.39 is 0 Å². The summed E-state index contributed by atoms with van der Waals surface area (Å²) in [6.45, 7) is 4.54. The Balaban J connectivity index is 1.92. The molecule has 1 saturated carbocycles. The van der Waals surface area contributed by atoms with Crippen LogP contribution in [0.2, 0.25) is 0 Å². The summed E-state index contributed by atoms with van der Waals surface area (Å²) in [7, 11) is 0. The van der Waals surface area contributed by atoms with Crippen molar-refractivity contribution in [2.75, 3.05) is 5.88 Å². The fraction of sp³-hybridized carbons (Fsp3) is 1.00. The maximum absolute atomic E-state index is 6.41. The Morgan fingerprint density at radius 1 is 1.18 bits per heavy atom. The van der Waals surface area contributed by atoms with Gasteiger partial charge in [0.2, 0.25) is 0 Å². The zero-order chi connectivity index (χ0) is 12.4. The number of ether oxygens (including phenoxy) is 1. The van der Waals surface area contributed by atoms with E-state index in [-0.39, 0.29) is 5.60 Å². The lowest BCUT2D eigenvalue weighted by Gasteiger charge is -2.33. The van der Waals surface area contributed by atoms with Crippen LogP contribution in [0.5, 0.6) is 0 Å². The molecular formula is C15H27ClO. The van der Waals surface area contributed by atoms with Crippen LogP contribution >= 0.6 is 11.6 Å². The van der Waals surface area contributed by atoms with E-state index in [1.54, 1.807) is 0 Å². The van der Waals surface area contributed by atoms with Gasteiger partial charge in [0.15, 0.2) is 0 Å². The van der Waals surface area contributed by atoms with Gasteiger partial charge in [-0.3, -0.25) is 0 Å². The van der Waals surface area contributed by atoms with Gasteiger partial charge in [-0.25, -0.2) is 0 Å². The predicted octanol–water partition coefficient (Wildman–Crippen LogP) is 4.91. The Kier molecular flexibility index (Phi) is 4.41. The predicted molar refractivity (Wildman–Crippen MR) is 73.7 cm³/mol. The minimum absolute atomic E-state index is 0.282. The molecule has 0 aromatic heterocycles. The first-order valence-corrected chi connectivity index (χ1v) is 7.95. The molecule has 1 heterocycles. The Hall–Kier alpha value is 0.250. The third kappa shape index (κ3) is 2.81. The fourth-order valence-corrected chi connectivity index (χ4v) is 4.18. The highest BCUT2D eigenvalue weighted by Crippen LogP contribution is 2.46. The van der Waals surface area contributed by atoms with Crippen LogP contribution in [-0.4, -0.2) is 17.6 Å². The number of rotatable bonds is 5. The molecule has 0 N–H and O–H groups in total. The number of hydrogen-bond donors (Lipinski definition) is 0. The van der Waals surface area contributed by atoms with Crippen molar-refractivity contribution in [2.24, 2.45) is 5.41 Å². The van der Waals surface area contributed by atoms with E-state index in [0.717, 1.165) is 5.88 Å². The van der Waals surface area contributed by atoms with E-state index in [2.05, 4.69) is 13.8 Å². The van der Waals surface area contributed by atoms with E-state index in [0.29, 0.717) is 11.5 Å². The minimum atomic E-state index is 0.282. The first-order chi connectivity index (χ1) is 8.17. The molecule has 0 amide bonds. The maximum Gasteiger partial charge on any atom is 0.0687 e. The molecular weight excluding hydrogens is 232 g/mol. The lowest BCUT2D eigenvalue weighted by molar-refractivity contribution is -0.0523. The molecule has 2 rings (SSSR count). The Bertz CT molecular complexity index is 233. The van der Waals surface area contributed by atoms with Crippen molar-refractivity contribution >= 4 is 11.6 Å². The minimum Gasteiger partial charge on any atom is -0.372 e. The lowest BCUT2D eigenvalue weighted by Crippen LogP contribution is -2.30. The molecule has 0 aromatic carbocycles. The first-order valence-electron chi connectivity index (χ1n) is 7.41. The van der Waals surface area contributed by atoms with E-state index in [9.17, 15) is 0 Å². The van der Waals surface area contributed by atoms with Gasteiger partial charge < -0.3 is 4.74 Å². The van der Waals surface area contributed by atoms with Gasteiger partial charge >= 0.3 is 0 Å². The van der Waals surface area contributed by atoms with Gasteiger partial charge in [-0.1, -0.05) is 26.7 Å². The summed E-state index contributed by atoms with van der Waals surface area (Å²) in [6, 6.07) is 0. The molecule has 1 saturated heterocycles. The number of hydrogen-bond acceptors (Lipinski definition) is 1. The second kappa shape index (κ2) is 5.48. The summed E-state index contributed by atoms with van der Waals surface area (Å²) in [5.41, 5.74) is 0.598. The molecule has 2 aliphatic rings. The molecule has 17 heavy (non-hydrogen) atoms. The van der Waals surface area contributed by atoms with Gasteiger partial charge in [0.05, 0.1) is 11.7 Å². The second-order valence-electron chi connectivity index (χ2n) is 6.21. The number of alkyl halides is 1. The Morgan fingerprint density at radius 3 is 2.35 bits per heavy atom. The second-order valence-corrected chi connectivity index (χ2v) is 6.48. The normalized spacial score (nSPS) is 28.1. The average Bonchev–Trinajstić information content (AvgIpc) is 2.98. The lowest BCUT2D eigenvalue weighted by atomic mass is 9.79. The van der Waals surface area contributed by atoms with Crippen LogP contribution in [-0.2, 0) is 4.74 Å². The molecule has 0 radical (unpaired) electrons. The summed E-state index contributed by atoms with van der Waals surface area (Å²) >= 11 is 6.20. The fourth-order valence-electron chi connectivity index (χ4n) is 3.69. The van der Waals surface area contributed by atoms with Crippen molar-refractivity contribution in [3.05, 3.63) is 0 Å². The molecule has 1 nitrogen and oxygen atoms in total. The Labute approximate surface area is 111 Å². The highest BCUT2D eigenvalue weighted by atomic mass is 35.5. The molecule has 1 aliphatic heterocycles. The maximum atomic E-state index is 6.41. The third-order valence-electron chi connectivity index (χ3n) is 5.30. The summed E-state index contributed by atoms with van der Waals surface area (Å²) < 4.78 is 6.41. The topological polar surface area (TPSA) is 9.23 Å². The van der Waals surface area contributed by atoms with Gasteiger partial charge in [0.25, 0.3) is 0 Å². The van der Waals surface area contributed by atoms with Crippen LogP contribution in [0.3, 0.4) is 0 Å². The van der Waals surface area contributed by atoms with Gasteiger partial charge in [0.1, 0.15) is 0 Å². The van der Waals surface area contributed by atoms with Crippen molar-refractivity contribution < 1.29 is 4.74 Å². The smallest absolute Gasteiger partial charge is 0.0687 e. The average molecular weight is 259 g/mol. The summed E-state index contributed by atoms with van der Waals surface area (Å²) in [5, 5.41) is 0. The summed E-state index contributed by atoms with van der Waals surface area (Å²) in [5.74, 6) is 0.785. The zero-order valence-electron chi connectivity index (χ0n) is 11.4. The molecule has 2 fully saturated rings. The van der Waals surface area contributed by atoms with Crippen molar-refractivity contribution in [2.45, 2.75) is 83.3 Å². The van der Waals surface area contributed by atoms with Crippen molar-refractivity contribution in [3.8, 4) is 0 Å². The third-order valence-corrected chi connectivity index (χ3v) is 5.86. The standard InChI is InChI=1S/C15H27ClO/c1-3-14(4-2,12-16)11-13-7-10-15(17-13)8-5-6-9-15/h13H,3-12H2,1-2H3. The molecule has 2 heteroatoms. The SMILES string of the molecule is CCC(CC)(CCl)CC1CCC2(CCCC2)O1. The van der Waals surface area contributed by atoms with Crippen molar-refractivity contribution in [3.63, 3.8) is 0 Å². The van der Waals surface area contributed by atoms with Gasteiger partial charge in [-0.05, 0) is 50.4 Å². The molecule has 0 aromatic rings. The quantitative estimate of drug-likeness (QED) is 0.637.